The lowest BCUT2D eigenvalue weighted by Gasteiger charge is -2.34. The monoisotopic (exact) mass is 382 g/mol. The number of carbonyl (C=O) groups is 2. The average molecular weight is 382 g/mol. The molecule has 1 saturated heterocycles. The van der Waals surface area contributed by atoms with E-state index in [2.05, 4.69) is 5.32 Å². The third-order valence-corrected chi connectivity index (χ3v) is 6.40. The predicted octanol–water partition coefficient (Wildman–Crippen LogP) is 1.95. The second-order valence-electron chi connectivity index (χ2n) is 7.68. The molecular formula is C18H26N2O5S. The Hall–Kier alpha value is -1.93. The summed E-state index contributed by atoms with van der Waals surface area (Å²) in [6.07, 6.45) is 1.00. The van der Waals surface area contributed by atoms with Crippen LogP contribution < -0.4 is 5.32 Å². The maximum Gasteiger partial charge on any atom is 0.328 e. The first-order valence-electron chi connectivity index (χ1n) is 8.59. The molecule has 1 aromatic rings. The number of aliphatic carboxylic acids is 1. The summed E-state index contributed by atoms with van der Waals surface area (Å²) in [6, 6.07) is 5.58. The van der Waals surface area contributed by atoms with Crippen LogP contribution in [0.2, 0.25) is 0 Å². The molecule has 8 heteroatoms. The van der Waals surface area contributed by atoms with Gasteiger partial charge in [0.15, 0.2) is 0 Å². The van der Waals surface area contributed by atoms with E-state index in [0.29, 0.717) is 24.9 Å². The van der Waals surface area contributed by atoms with Gasteiger partial charge in [0.2, 0.25) is 10.0 Å². The van der Waals surface area contributed by atoms with Crippen molar-refractivity contribution in [2.75, 3.05) is 13.1 Å². The van der Waals surface area contributed by atoms with Gasteiger partial charge in [0.1, 0.15) is 5.54 Å². The number of nitrogens with one attached hydrogen (secondary N) is 1. The van der Waals surface area contributed by atoms with Crippen LogP contribution in [0, 0.1) is 11.8 Å². The first kappa shape index (κ1) is 20.4. The molecule has 2 atom stereocenters. The van der Waals surface area contributed by atoms with Gasteiger partial charge in [0.25, 0.3) is 5.91 Å². The minimum Gasteiger partial charge on any atom is -0.480 e. The molecule has 2 rings (SSSR count). The van der Waals surface area contributed by atoms with Crippen molar-refractivity contribution >= 4 is 21.9 Å². The molecule has 2 unspecified atom stereocenters. The van der Waals surface area contributed by atoms with Crippen LogP contribution >= 0.6 is 0 Å². The fraction of sp³-hybridized carbons (Fsp3) is 0.556. The van der Waals surface area contributed by atoms with Gasteiger partial charge in [-0.1, -0.05) is 13.8 Å². The summed E-state index contributed by atoms with van der Waals surface area (Å²) in [5.41, 5.74) is -1.21. The fourth-order valence-corrected chi connectivity index (χ4v) is 4.82. The summed E-state index contributed by atoms with van der Waals surface area (Å²) < 4.78 is 27.1. The molecule has 0 saturated carbocycles. The number of piperidine rings is 1. The van der Waals surface area contributed by atoms with Gasteiger partial charge in [-0.05, 0) is 56.4 Å². The van der Waals surface area contributed by atoms with Gasteiger partial charge in [-0.25, -0.2) is 13.2 Å². The molecule has 1 aromatic carbocycles. The molecule has 7 nitrogen and oxygen atoms in total. The molecule has 0 aromatic heterocycles. The zero-order valence-electron chi connectivity index (χ0n) is 15.5. The summed E-state index contributed by atoms with van der Waals surface area (Å²) in [6.45, 7) is 7.81. The molecule has 144 valence electrons. The lowest BCUT2D eigenvalue weighted by atomic mass is 9.94. The van der Waals surface area contributed by atoms with E-state index in [1.54, 1.807) is 0 Å². The van der Waals surface area contributed by atoms with Crippen molar-refractivity contribution in [1.29, 1.82) is 0 Å². The van der Waals surface area contributed by atoms with E-state index in [-0.39, 0.29) is 10.5 Å². The molecule has 1 aliphatic heterocycles. The highest BCUT2D eigenvalue weighted by Crippen LogP contribution is 2.26. The van der Waals surface area contributed by atoms with Crippen LogP contribution in [0.5, 0.6) is 0 Å². The highest BCUT2D eigenvalue weighted by Gasteiger charge is 2.32. The van der Waals surface area contributed by atoms with Gasteiger partial charge in [0, 0.05) is 18.7 Å². The van der Waals surface area contributed by atoms with E-state index in [1.165, 1.54) is 42.4 Å². The lowest BCUT2D eigenvalue weighted by Crippen LogP contribution is -2.49. The standard InChI is InChI=1S/C18H26N2O5S/c1-12-9-13(2)11-20(10-12)26(24,25)15-7-5-14(6-8-15)16(21)19-18(3,4)17(22)23/h5-8,12-13H,9-11H2,1-4H3,(H,19,21)(H,22,23). The summed E-state index contributed by atoms with van der Waals surface area (Å²) >= 11 is 0. The number of hydrogen-bond acceptors (Lipinski definition) is 4. The summed E-state index contributed by atoms with van der Waals surface area (Å²) in [5.74, 6) is -1.12. The Balaban J connectivity index is 2.18. The maximum atomic E-state index is 12.8. The van der Waals surface area contributed by atoms with Crippen LogP contribution in [-0.4, -0.2) is 48.3 Å². The molecule has 1 amide bonds. The molecule has 0 bridgehead atoms. The predicted molar refractivity (Wildman–Crippen MR) is 97.3 cm³/mol. The SMILES string of the molecule is CC1CC(C)CN(S(=O)(=O)c2ccc(C(=O)NC(C)(C)C(=O)O)cc2)C1. The topological polar surface area (TPSA) is 104 Å². The zero-order valence-corrected chi connectivity index (χ0v) is 16.3. The van der Waals surface area contributed by atoms with Gasteiger partial charge in [-0.3, -0.25) is 4.79 Å². The van der Waals surface area contributed by atoms with Crippen LogP contribution in [0.25, 0.3) is 0 Å². The summed E-state index contributed by atoms with van der Waals surface area (Å²) in [7, 11) is -3.61. The molecule has 0 aliphatic carbocycles. The molecule has 2 N–H and O–H groups in total. The minimum absolute atomic E-state index is 0.132. The molecule has 0 radical (unpaired) electrons. The van der Waals surface area contributed by atoms with Gasteiger partial charge in [-0.2, -0.15) is 4.31 Å². The number of carbonyl (C=O) groups excluding carboxylic acids is 1. The van der Waals surface area contributed by atoms with Crippen molar-refractivity contribution in [3.05, 3.63) is 29.8 Å². The van der Waals surface area contributed by atoms with Crippen molar-refractivity contribution in [2.45, 2.75) is 44.6 Å². The number of hydrogen-bond donors (Lipinski definition) is 2. The zero-order chi connectivity index (χ0) is 19.7. The Morgan fingerprint density at radius 3 is 2.08 bits per heavy atom. The van der Waals surface area contributed by atoms with E-state index < -0.39 is 27.4 Å². The largest absolute Gasteiger partial charge is 0.480 e. The molecule has 0 spiro atoms. The van der Waals surface area contributed by atoms with E-state index in [9.17, 15) is 18.0 Å². The Morgan fingerprint density at radius 1 is 1.12 bits per heavy atom. The molecular weight excluding hydrogens is 356 g/mol. The number of carboxylic acid groups (broad SMARTS) is 1. The second kappa shape index (κ2) is 7.36. The Kier molecular flexibility index (Phi) is 5.77. The molecule has 1 aliphatic rings. The number of nitrogens with zero attached hydrogens (tertiary/aromatic N) is 1. The van der Waals surface area contributed by atoms with Gasteiger partial charge >= 0.3 is 5.97 Å². The van der Waals surface area contributed by atoms with Crippen molar-refractivity contribution < 1.29 is 23.1 Å². The number of amides is 1. The highest BCUT2D eigenvalue weighted by molar-refractivity contribution is 7.89. The lowest BCUT2D eigenvalue weighted by molar-refractivity contribution is -0.143. The van der Waals surface area contributed by atoms with Crippen molar-refractivity contribution in [1.82, 2.24) is 9.62 Å². The third kappa shape index (κ3) is 4.42. The summed E-state index contributed by atoms with van der Waals surface area (Å²) in [4.78, 5) is 23.4. The van der Waals surface area contributed by atoms with Crippen LogP contribution in [0.3, 0.4) is 0 Å². The second-order valence-corrected chi connectivity index (χ2v) is 9.61. The fourth-order valence-electron chi connectivity index (χ4n) is 3.14. The Morgan fingerprint density at radius 2 is 1.62 bits per heavy atom. The van der Waals surface area contributed by atoms with Crippen LogP contribution in [0.1, 0.15) is 44.5 Å². The normalized spacial score (nSPS) is 22.0. The number of benzene rings is 1. The van der Waals surface area contributed by atoms with Crippen LogP contribution in [0.15, 0.2) is 29.2 Å². The first-order chi connectivity index (χ1) is 11.9. The van der Waals surface area contributed by atoms with Crippen molar-refractivity contribution in [3.8, 4) is 0 Å². The number of carboxylic acids is 1. The first-order valence-corrected chi connectivity index (χ1v) is 10.0. The molecule has 1 heterocycles. The Labute approximate surface area is 154 Å². The molecule has 1 fully saturated rings. The van der Waals surface area contributed by atoms with Crippen molar-refractivity contribution in [3.63, 3.8) is 0 Å². The Bertz CT molecular complexity index is 776. The smallest absolute Gasteiger partial charge is 0.328 e. The van der Waals surface area contributed by atoms with Crippen molar-refractivity contribution in [2.24, 2.45) is 11.8 Å². The number of rotatable bonds is 5. The number of sulfonamides is 1. The van der Waals surface area contributed by atoms with Crippen LogP contribution in [-0.2, 0) is 14.8 Å². The average Bonchev–Trinajstić information content (AvgIpc) is 2.53. The highest BCUT2D eigenvalue weighted by atomic mass is 32.2. The molecule has 26 heavy (non-hydrogen) atoms. The van der Waals surface area contributed by atoms with Gasteiger partial charge in [0.05, 0.1) is 4.90 Å². The quantitative estimate of drug-likeness (QED) is 0.810. The van der Waals surface area contributed by atoms with E-state index in [4.69, 9.17) is 5.11 Å². The third-order valence-electron chi connectivity index (χ3n) is 4.55. The van der Waals surface area contributed by atoms with Crippen LogP contribution in [0.4, 0.5) is 0 Å². The van der Waals surface area contributed by atoms with E-state index in [1.807, 2.05) is 13.8 Å². The summed E-state index contributed by atoms with van der Waals surface area (Å²) in [5, 5.41) is 11.5. The van der Waals surface area contributed by atoms with Gasteiger partial charge in [-0.15, -0.1) is 0 Å². The minimum atomic E-state index is -3.61. The van der Waals surface area contributed by atoms with E-state index >= 15 is 0 Å². The van der Waals surface area contributed by atoms with Gasteiger partial charge < -0.3 is 10.4 Å². The maximum absolute atomic E-state index is 12.8. The van der Waals surface area contributed by atoms with E-state index in [0.717, 1.165) is 6.42 Å².